The number of nitrogens with one attached hydrogen (secondary N) is 2. The first kappa shape index (κ1) is 18.5. The number of rotatable bonds is 5. The van der Waals surface area contributed by atoms with Gasteiger partial charge in [0.25, 0.3) is 0 Å². The molecule has 1 amide bonds. The fraction of sp³-hybridized carbons (Fsp3) is 0.200. The molecule has 0 fully saturated rings. The Balaban J connectivity index is 1.91. The molecular formula is C20H19N7O2. The van der Waals surface area contributed by atoms with Crippen molar-refractivity contribution in [2.45, 2.75) is 19.8 Å². The highest BCUT2D eigenvalue weighted by atomic mass is 16.1. The number of H-pyrrole nitrogens is 1. The number of benzene rings is 1. The van der Waals surface area contributed by atoms with Crippen molar-refractivity contribution in [3.63, 3.8) is 0 Å². The van der Waals surface area contributed by atoms with Crippen molar-refractivity contribution in [2.24, 2.45) is 0 Å². The van der Waals surface area contributed by atoms with Crippen LogP contribution < -0.4 is 10.9 Å². The molecular weight excluding hydrogens is 370 g/mol. The maximum Gasteiger partial charge on any atom is 0.248 e. The summed E-state index contributed by atoms with van der Waals surface area (Å²) in [5.41, 5.74) is 2.75. The van der Waals surface area contributed by atoms with Crippen molar-refractivity contribution >= 4 is 16.9 Å². The van der Waals surface area contributed by atoms with Crippen LogP contribution in [0, 0.1) is 0 Å². The molecule has 9 nitrogen and oxygen atoms in total. The van der Waals surface area contributed by atoms with E-state index in [4.69, 9.17) is 0 Å². The molecule has 0 unspecified atom stereocenters. The van der Waals surface area contributed by atoms with Crippen LogP contribution in [0.1, 0.15) is 18.4 Å². The Bertz CT molecular complexity index is 1260. The van der Waals surface area contributed by atoms with Crippen LogP contribution in [-0.2, 0) is 17.6 Å². The fourth-order valence-corrected chi connectivity index (χ4v) is 3.05. The maximum absolute atomic E-state index is 11.8. The highest BCUT2D eigenvalue weighted by Gasteiger charge is 2.19. The zero-order valence-electron chi connectivity index (χ0n) is 16.0. The van der Waals surface area contributed by atoms with Crippen molar-refractivity contribution in [3.05, 3.63) is 64.5 Å². The van der Waals surface area contributed by atoms with Gasteiger partial charge >= 0.3 is 0 Å². The predicted molar refractivity (Wildman–Crippen MR) is 108 cm³/mol. The van der Waals surface area contributed by atoms with Crippen molar-refractivity contribution in [3.8, 4) is 17.2 Å². The summed E-state index contributed by atoms with van der Waals surface area (Å²) in [6.45, 7) is 1.94. The summed E-state index contributed by atoms with van der Waals surface area (Å²) in [7, 11) is 1.56. The van der Waals surface area contributed by atoms with Gasteiger partial charge in [-0.2, -0.15) is 4.68 Å². The quantitative estimate of drug-likeness (QED) is 0.533. The van der Waals surface area contributed by atoms with E-state index in [1.165, 1.54) is 6.07 Å². The third-order valence-electron chi connectivity index (χ3n) is 4.50. The summed E-state index contributed by atoms with van der Waals surface area (Å²) in [6.07, 6.45) is 2.25. The molecule has 3 heterocycles. The van der Waals surface area contributed by atoms with E-state index >= 15 is 0 Å². The molecule has 3 aromatic heterocycles. The summed E-state index contributed by atoms with van der Waals surface area (Å²) in [5, 5.41) is 7.07. The van der Waals surface area contributed by atoms with Crippen LogP contribution in [0.2, 0.25) is 0 Å². The largest absolute Gasteiger partial charge is 0.359 e. The number of fused-ring (bicyclic) bond motifs is 1. The smallest absolute Gasteiger partial charge is 0.248 e. The Hall–Kier alpha value is -3.88. The molecule has 1 aromatic carbocycles. The molecule has 0 radical (unpaired) electrons. The van der Waals surface area contributed by atoms with Crippen LogP contribution in [0.15, 0.2) is 47.4 Å². The molecule has 2 N–H and O–H groups in total. The number of carbonyl (C=O) groups is 1. The van der Waals surface area contributed by atoms with Gasteiger partial charge in [-0.3, -0.25) is 14.6 Å². The minimum absolute atomic E-state index is 0.0301. The summed E-state index contributed by atoms with van der Waals surface area (Å²) in [4.78, 5) is 40.1. The normalized spacial score (nSPS) is 11.0. The number of pyridine rings is 1. The molecule has 146 valence electrons. The number of aromatic nitrogens is 6. The van der Waals surface area contributed by atoms with Gasteiger partial charge in [0.15, 0.2) is 17.5 Å². The lowest BCUT2D eigenvalue weighted by Gasteiger charge is -2.09. The Kier molecular flexibility index (Phi) is 4.86. The van der Waals surface area contributed by atoms with Gasteiger partial charge in [-0.15, -0.1) is 5.10 Å². The van der Waals surface area contributed by atoms with E-state index in [9.17, 15) is 9.59 Å². The molecule has 0 spiro atoms. The number of likely N-dealkylation sites (N-methyl/N-ethyl adjacent to an activating group) is 1. The van der Waals surface area contributed by atoms with E-state index in [2.05, 4.69) is 30.4 Å². The lowest BCUT2D eigenvalue weighted by Crippen LogP contribution is -2.20. The Morgan fingerprint density at radius 1 is 1.14 bits per heavy atom. The number of aromatic amines is 1. The van der Waals surface area contributed by atoms with Gasteiger partial charge in [0.05, 0.1) is 23.7 Å². The summed E-state index contributed by atoms with van der Waals surface area (Å²) >= 11 is 0. The van der Waals surface area contributed by atoms with Crippen LogP contribution in [0.3, 0.4) is 0 Å². The van der Waals surface area contributed by atoms with Gasteiger partial charge in [-0.25, -0.2) is 9.97 Å². The number of hydrogen-bond acceptors (Lipinski definition) is 6. The molecule has 0 atom stereocenters. The van der Waals surface area contributed by atoms with Crippen molar-refractivity contribution in [1.29, 1.82) is 0 Å². The van der Waals surface area contributed by atoms with E-state index in [0.29, 0.717) is 23.9 Å². The number of carbonyl (C=O) groups excluding carboxylic acids is 1. The van der Waals surface area contributed by atoms with Crippen LogP contribution in [-0.4, -0.2) is 42.7 Å². The van der Waals surface area contributed by atoms with E-state index in [-0.39, 0.29) is 17.9 Å². The minimum Gasteiger partial charge on any atom is -0.359 e. The van der Waals surface area contributed by atoms with Crippen LogP contribution in [0.4, 0.5) is 0 Å². The maximum atomic E-state index is 11.8. The van der Waals surface area contributed by atoms with Crippen LogP contribution >= 0.6 is 0 Å². The van der Waals surface area contributed by atoms with E-state index < -0.39 is 0 Å². The molecule has 0 aliphatic rings. The monoisotopic (exact) mass is 389 g/mol. The van der Waals surface area contributed by atoms with Crippen molar-refractivity contribution < 1.29 is 4.79 Å². The number of hydrogen-bond donors (Lipinski definition) is 2. The highest BCUT2D eigenvalue weighted by molar-refractivity contribution is 5.77. The third kappa shape index (κ3) is 3.62. The second kappa shape index (κ2) is 7.63. The minimum atomic E-state index is -0.199. The first-order chi connectivity index (χ1) is 14.1. The number of amides is 1. The molecule has 0 saturated heterocycles. The first-order valence-electron chi connectivity index (χ1n) is 9.20. The van der Waals surface area contributed by atoms with Gasteiger partial charge in [0.2, 0.25) is 11.5 Å². The standard InChI is InChI=1S/C20H19N7O2/c1-3-13-12(8-9-18(28)24-13)20-25-16(10-19(29)21-2)26-27(20)17-11-22-14-6-4-5-7-15(14)23-17/h4-9,11H,3,10H2,1-2H3,(H,21,29)(H,24,28). The molecule has 29 heavy (non-hydrogen) atoms. The van der Waals surface area contributed by atoms with E-state index in [1.54, 1.807) is 24.0 Å². The van der Waals surface area contributed by atoms with Gasteiger partial charge < -0.3 is 10.3 Å². The molecule has 4 rings (SSSR count). The fourth-order valence-electron chi connectivity index (χ4n) is 3.05. The van der Waals surface area contributed by atoms with Gasteiger partial charge in [0, 0.05) is 24.4 Å². The number of para-hydroxylation sites is 2. The summed E-state index contributed by atoms with van der Waals surface area (Å²) in [5.74, 6) is 1.11. The van der Waals surface area contributed by atoms with Crippen molar-refractivity contribution in [2.75, 3.05) is 7.05 Å². The second-order valence-electron chi connectivity index (χ2n) is 6.40. The van der Waals surface area contributed by atoms with E-state index in [1.807, 2.05) is 31.2 Å². The first-order valence-corrected chi connectivity index (χ1v) is 9.20. The number of aryl methyl sites for hydroxylation is 1. The van der Waals surface area contributed by atoms with E-state index in [0.717, 1.165) is 22.3 Å². The average molecular weight is 389 g/mol. The summed E-state index contributed by atoms with van der Waals surface area (Å²) in [6, 6.07) is 10.7. The SMILES string of the molecule is CCc1[nH]c(=O)ccc1-c1nc(CC(=O)NC)nn1-c1cnc2ccccc2n1. The zero-order valence-corrected chi connectivity index (χ0v) is 16.0. The molecule has 0 bridgehead atoms. The van der Waals surface area contributed by atoms with Crippen LogP contribution in [0.5, 0.6) is 0 Å². The molecule has 4 aromatic rings. The van der Waals surface area contributed by atoms with Gasteiger partial charge in [0.1, 0.15) is 0 Å². The Labute approximate surface area is 165 Å². The lowest BCUT2D eigenvalue weighted by molar-refractivity contribution is -0.120. The highest BCUT2D eigenvalue weighted by Crippen LogP contribution is 2.23. The second-order valence-corrected chi connectivity index (χ2v) is 6.40. The predicted octanol–water partition coefficient (Wildman–Crippen LogP) is 1.42. The van der Waals surface area contributed by atoms with Crippen LogP contribution in [0.25, 0.3) is 28.2 Å². The zero-order chi connectivity index (χ0) is 20.4. The van der Waals surface area contributed by atoms with Crippen molar-refractivity contribution in [1.82, 2.24) is 35.0 Å². The average Bonchev–Trinajstić information content (AvgIpc) is 3.16. The van der Waals surface area contributed by atoms with Gasteiger partial charge in [-0.1, -0.05) is 19.1 Å². The molecule has 0 aliphatic carbocycles. The Morgan fingerprint density at radius 2 is 1.93 bits per heavy atom. The lowest BCUT2D eigenvalue weighted by atomic mass is 10.1. The topological polar surface area (TPSA) is 118 Å². The van der Waals surface area contributed by atoms with Gasteiger partial charge in [-0.05, 0) is 24.6 Å². The molecule has 9 heteroatoms. The molecule has 0 saturated carbocycles. The number of nitrogens with zero attached hydrogens (tertiary/aromatic N) is 5. The Morgan fingerprint density at radius 3 is 2.69 bits per heavy atom. The molecule has 0 aliphatic heterocycles. The third-order valence-corrected chi connectivity index (χ3v) is 4.50. The summed E-state index contributed by atoms with van der Waals surface area (Å²) < 4.78 is 1.56.